The van der Waals surface area contributed by atoms with Crippen LogP contribution in [0.2, 0.25) is 0 Å². The van der Waals surface area contributed by atoms with Crippen molar-refractivity contribution in [3.63, 3.8) is 0 Å². The average Bonchev–Trinajstić information content (AvgIpc) is 3.32. The van der Waals surface area contributed by atoms with Gasteiger partial charge >= 0.3 is 17.9 Å². The molecule has 0 spiro atoms. The molecule has 0 N–H and O–H groups in total. The van der Waals surface area contributed by atoms with Gasteiger partial charge in [-0.3, -0.25) is 0 Å². The van der Waals surface area contributed by atoms with Crippen molar-refractivity contribution in [2.45, 2.75) is 20.0 Å². The molecule has 174 valence electrons. The fourth-order valence-corrected chi connectivity index (χ4v) is 8.68. The van der Waals surface area contributed by atoms with Crippen LogP contribution in [-0.4, -0.2) is 51.6 Å². The van der Waals surface area contributed by atoms with Crippen molar-refractivity contribution in [1.82, 2.24) is 0 Å². The Balaban J connectivity index is 2.55. The predicted molar refractivity (Wildman–Crippen MR) is 127 cm³/mol. The lowest BCUT2D eigenvalue weighted by molar-refractivity contribution is -0.140. The molecule has 0 atom stereocenters. The van der Waals surface area contributed by atoms with E-state index in [4.69, 9.17) is 18.9 Å². The van der Waals surface area contributed by atoms with Crippen molar-refractivity contribution in [1.29, 1.82) is 0 Å². The number of methoxy groups -OCH3 is 4. The molecule has 1 heterocycles. The lowest BCUT2D eigenvalue weighted by Crippen LogP contribution is -2.19. The van der Waals surface area contributed by atoms with Gasteiger partial charge in [0.15, 0.2) is 0 Å². The SMILES string of the molecule is COC(=O)C1=C(OC)C(=P2(Cc3ccccc3)C=C(C)C(C)=C2)C(C(=O)OC)=C1C(=O)OC. The van der Waals surface area contributed by atoms with Crippen molar-refractivity contribution in [2.75, 3.05) is 28.4 Å². The van der Waals surface area contributed by atoms with Crippen LogP contribution in [0.4, 0.5) is 0 Å². The summed E-state index contributed by atoms with van der Waals surface area (Å²) in [5.41, 5.74) is 2.77. The van der Waals surface area contributed by atoms with Crippen LogP contribution in [0, 0.1) is 0 Å². The number of ether oxygens (including phenoxy) is 4. The van der Waals surface area contributed by atoms with Crippen molar-refractivity contribution < 1.29 is 33.3 Å². The number of carbonyl (C=O) groups excluding carboxylic acids is 3. The average molecular weight is 470 g/mol. The molecule has 0 unspecified atom stereocenters. The molecule has 3 rings (SSSR count). The zero-order chi connectivity index (χ0) is 24.3. The van der Waals surface area contributed by atoms with Crippen LogP contribution >= 0.6 is 6.89 Å². The van der Waals surface area contributed by atoms with Crippen LogP contribution in [0.5, 0.6) is 0 Å². The third-order valence-electron chi connectivity index (χ3n) is 5.73. The highest BCUT2D eigenvalue weighted by Crippen LogP contribution is 2.64. The Morgan fingerprint density at radius 1 is 0.727 bits per heavy atom. The Labute approximate surface area is 193 Å². The molecule has 0 aromatic heterocycles. The van der Waals surface area contributed by atoms with Crippen LogP contribution in [0.25, 0.3) is 0 Å². The summed E-state index contributed by atoms with van der Waals surface area (Å²) in [6.07, 6.45) is 0.564. The predicted octanol–water partition coefficient (Wildman–Crippen LogP) is 3.93. The van der Waals surface area contributed by atoms with Crippen LogP contribution < -0.4 is 0 Å². The van der Waals surface area contributed by atoms with E-state index >= 15 is 0 Å². The molecule has 7 nitrogen and oxygen atoms in total. The quantitative estimate of drug-likeness (QED) is 0.354. The van der Waals surface area contributed by atoms with E-state index in [0.717, 1.165) is 16.7 Å². The summed E-state index contributed by atoms with van der Waals surface area (Å²) in [4.78, 5) is 38.8. The molecule has 1 aromatic rings. The smallest absolute Gasteiger partial charge is 0.342 e. The first-order valence-electron chi connectivity index (χ1n) is 10.2. The third-order valence-corrected chi connectivity index (χ3v) is 9.57. The Kier molecular flexibility index (Phi) is 7.13. The van der Waals surface area contributed by atoms with E-state index in [9.17, 15) is 14.4 Å². The topological polar surface area (TPSA) is 88.1 Å². The molecule has 1 aliphatic carbocycles. The largest absolute Gasteiger partial charge is 0.495 e. The number of hydrogen-bond acceptors (Lipinski definition) is 7. The molecular formula is C25H27O7P. The van der Waals surface area contributed by atoms with Gasteiger partial charge in [-0.1, -0.05) is 42.0 Å². The highest BCUT2D eigenvalue weighted by atomic mass is 31.2. The molecule has 2 aliphatic rings. The number of rotatable bonds is 6. The second kappa shape index (κ2) is 9.67. The van der Waals surface area contributed by atoms with E-state index in [1.807, 2.05) is 44.2 Å². The highest BCUT2D eigenvalue weighted by Gasteiger charge is 2.46. The number of carbonyl (C=O) groups is 3. The third kappa shape index (κ3) is 4.21. The molecule has 1 aliphatic heterocycles. The molecule has 0 fully saturated rings. The molecule has 0 amide bonds. The van der Waals surface area contributed by atoms with Gasteiger partial charge in [-0.05, 0) is 43.6 Å². The van der Waals surface area contributed by atoms with Gasteiger partial charge in [-0.25, -0.2) is 14.4 Å². The first-order valence-corrected chi connectivity index (χ1v) is 12.3. The lowest BCUT2D eigenvalue weighted by atomic mass is 10.1. The molecule has 33 heavy (non-hydrogen) atoms. The normalized spacial score (nSPS) is 17.0. The van der Waals surface area contributed by atoms with E-state index in [1.165, 1.54) is 28.4 Å². The lowest BCUT2D eigenvalue weighted by Gasteiger charge is -2.24. The van der Waals surface area contributed by atoms with Crippen molar-refractivity contribution in [3.8, 4) is 0 Å². The molecule has 0 saturated heterocycles. The number of hydrogen-bond donors (Lipinski definition) is 0. The van der Waals surface area contributed by atoms with Gasteiger partial charge in [-0.15, -0.1) is 0 Å². The summed E-state index contributed by atoms with van der Waals surface area (Å²) >= 11 is 0. The van der Waals surface area contributed by atoms with E-state index in [1.54, 1.807) is 0 Å². The molecule has 8 heteroatoms. The minimum atomic E-state index is -2.46. The zero-order valence-electron chi connectivity index (χ0n) is 19.6. The number of esters is 3. The maximum Gasteiger partial charge on any atom is 0.342 e. The van der Waals surface area contributed by atoms with E-state index in [2.05, 4.69) is 11.6 Å². The van der Waals surface area contributed by atoms with Crippen LogP contribution in [-0.2, 0) is 39.5 Å². The molecular weight excluding hydrogens is 443 g/mol. The van der Waals surface area contributed by atoms with Crippen LogP contribution in [0.15, 0.2) is 75.6 Å². The van der Waals surface area contributed by atoms with Crippen molar-refractivity contribution in [2.24, 2.45) is 0 Å². The van der Waals surface area contributed by atoms with Gasteiger partial charge < -0.3 is 18.9 Å². The number of allylic oxidation sites excluding steroid dienone is 3. The number of benzene rings is 1. The standard InChI is InChI=1S/C25H27O7P/c1-15-12-33(13-16(15)2,14-17-10-8-7-9-11-17)22-20(25(28)32-6)18(23(26)30-4)19(21(22)29-3)24(27)31-5/h7-13H,14H2,1-6H3. The summed E-state index contributed by atoms with van der Waals surface area (Å²) in [6, 6.07) is 9.82. The summed E-state index contributed by atoms with van der Waals surface area (Å²) < 4.78 is 20.7. The Morgan fingerprint density at radius 2 is 1.21 bits per heavy atom. The first-order chi connectivity index (χ1) is 15.7. The maximum atomic E-state index is 13.1. The van der Waals surface area contributed by atoms with E-state index < -0.39 is 24.8 Å². The maximum absolute atomic E-state index is 13.1. The van der Waals surface area contributed by atoms with Gasteiger partial charge in [0.05, 0.1) is 39.6 Å². The highest BCUT2D eigenvalue weighted by molar-refractivity contribution is 7.82. The fourth-order valence-electron chi connectivity index (χ4n) is 4.21. The van der Waals surface area contributed by atoms with Crippen molar-refractivity contribution >= 4 is 30.1 Å². The zero-order valence-corrected chi connectivity index (χ0v) is 20.4. The first kappa shape index (κ1) is 24.3. The Bertz CT molecular complexity index is 1170. The van der Waals surface area contributed by atoms with Crippen molar-refractivity contribution in [3.05, 3.63) is 81.2 Å². The minimum Gasteiger partial charge on any atom is -0.495 e. The summed E-state index contributed by atoms with van der Waals surface area (Å²) in [5, 5.41) is 0.470. The van der Waals surface area contributed by atoms with Gasteiger partial charge in [0.25, 0.3) is 0 Å². The van der Waals surface area contributed by atoms with E-state index in [0.29, 0.717) is 11.5 Å². The van der Waals surface area contributed by atoms with E-state index in [-0.39, 0.29) is 22.5 Å². The second-order valence-corrected chi connectivity index (χ2v) is 10.8. The van der Waals surface area contributed by atoms with Gasteiger partial charge in [0.1, 0.15) is 11.3 Å². The Morgan fingerprint density at radius 3 is 1.70 bits per heavy atom. The summed E-state index contributed by atoms with van der Waals surface area (Å²) in [6.45, 7) is 1.52. The monoisotopic (exact) mass is 470 g/mol. The minimum absolute atomic E-state index is 0.0270. The fraction of sp³-hybridized carbons (Fsp3) is 0.280. The molecule has 1 aromatic carbocycles. The molecule has 0 radical (unpaired) electrons. The van der Waals surface area contributed by atoms with Crippen LogP contribution in [0.1, 0.15) is 19.4 Å². The molecule has 0 saturated carbocycles. The van der Waals surface area contributed by atoms with Gasteiger partial charge in [-0.2, -0.15) is 0 Å². The van der Waals surface area contributed by atoms with Gasteiger partial charge in [0.2, 0.25) is 0 Å². The van der Waals surface area contributed by atoms with Crippen LogP contribution in [0.3, 0.4) is 0 Å². The second-order valence-electron chi connectivity index (χ2n) is 7.68. The Hall–Kier alpha value is -3.31. The molecule has 0 bridgehead atoms. The summed E-state index contributed by atoms with van der Waals surface area (Å²) in [7, 11) is 5.01. The van der Waals surface area contributed by atoms with Gasteiger partial charge in [0, 0.05) is 5.29 Å². The summed E-state index contributed by atoms with van der Waals surface area (Å²) in [5.74, 6) is 1.97.